The minimum atomic E-state index is -0.199. The zero-order valence-electron chi connectivity index (χ0n) is 21.2. The smallest absolute Gasteiger partial charge is 0.251 e. The fourth-order valence-corrected chi connectivity index (χ4v) is 4.93. The third kappa shape index (κ3) is 7.41. The SMILES string of the molecule is COCCNC(=O)c1cccc(CSc2nc(COC)cc(N3CCN(c4ccccc4F)CC3)n2)c1. The van der Waals surface area contributed by atoms with E-state index in [-0.39, 0.29) is 11.7 Å². The lowest BCUT2D eigenvalue weighted by Crippen LogP contribution is -2.47. The van der Waals surface area contributed by atoms with Gasteiger partial charge in [-0.25, -0.2) is 14.4 Å². The molecule has 0 unspecified atom stereocenters. The number of nitrogens with one attached hydrogen (secondary N) is 1. The number of aromatic nitrogens is 2. The van der Waals surface area contributed by atoms with Gasteiger partial charge < -0.3 is 24.6 Å². The number of amides is 1. The molecule has 0 radical (unpaired) electrons. The molecule has 0 saturated carbocycles. The number of ether oxygens (including phenoxy) is 2. The average molecular weight is 526 g/mol. The Bertz CT molecular complexity index is 1190. The number of anilines is 2. The summed E-state index contributed by atoms with van der Waals surface area (Å²) in [6, 6.07) is 16.4. The van der Waals surface area contributed by atoms with Crippen LogP contribution >= 0.6 is 11.8 Å². The largest absolute Gasteiger partial charge is 0.383 e. The van der Waals surface area contributed by atoms with Crippen LogP contribution in [0.5, 0.6) is 0 Å². The van der Waals surface area contributed by atoms with Crippen LogP contribution in [0.25, 0.3) is 0 Å². The Balaban J connectivity index is 1.42. The van der Waals surface area contributed by atoms with E-state index in [0.29, 0.717) is 55.0 Å². The Labute approximate surface area is 221 Å². The molecule has 2 heterocycles. The molecule has 0 atom stereocenters. The minimum Gasteiger partial charge on any atom is -0.383 e. The second-order valence-electron chi connectivity index (χ2n) is 8.60. The summed E-state index contributed by atoms with van der Waals surface area (Å²) in [5.41, 5.74) is 3.05. The van der Waals surface area contributed by atoms with Crippen molar-refractivity contribution in [2.75, 3.05) is 63.4 Å². The summed E-state index contributed by atoms with van der Waals surface area (Å²) in [7, 11) is 3.25. The number of piperazine rings is 1. The van der Waals surface area contributed by atoms with E-state index in [2.05, 4.69) is 20.1 Å². The van der Waals surface area contributed by atoms with Gasteiger partial charge in [-0.2, -0.15) is 0 Å². The molecular weight excluding hydrogens is 493 g/mol. The molecule has 1 saturated heterocycles. The third-order valence-electron chi connectivity index (χ3n) is 5.98. The standard InChI is InChI=1S/C27H32FN5O3S/c1-35-15-10-29-26(34)21-7-5-6-20(16-21)19-37-27-30-22(18-36-2)17-25(31-27)33-13-11-32(12-14-33)24-9-4-3-8-23(24)28/h3-9,16-17H,10-15,18-19H2,1-2H3,(H,29,34). The third-order valence-corrected chi connectivity index (χ3v) is 6.90. The molecule has 3 aromatic rings. The first-order chi connectivity index (χ1) is 18.1. The zero-order valence-corrected chi connectivity index (χ0v) is 22.0. The second kappa shape index (κ2) is 13.4. The summed E-state index contributed by atoms with van der Waals surface area (Å²) in [5, 5.41) is 3.49. The number of nitrogens with zero attached hydrogens (tertiary/aromatic N) is 4. The number of hydrogen-bond acceptors (Lipinski definition) is 8. The van der Waals surface area contributed by atoms with Gasteiger partial charge in [0.25, 0.3) is 5.91 Å². The van der Waals surface area contributed by atoms with Crippen LogP contribution in [-0.4, -0.2) is 69.4 Å². The number of rotatable bonds is 11. The van der Waals surface area contributed by atoms with Crippen LogP contribution < -0.4 is 15.1 Å². The quantitative estimate of drug-likeness (QED) is 0.230. The molecule has 1 aromatic heterocycles. The Kier molecular flexibility index (Phi) is 9.70. The molecule has 4 rings (SSSR count). The highest BCUT2D eigenvalue weighted by Gasteiger charge is 2.21. The van der Waals surface area contributed by atoms with Crippen LogP contribution in [0.2, 0.25) is 0 Å². The lowest BCUT2D eigenvalue weighted by Gasteiger charge is -2.37. The minimum absolute atomic E-state index is 0.126. The summed E-state index contributed by atoms with van der Waals surface area (Å²) in [4.78, 5) is 26.1. The molecule has 0 aliphatic carbocycles. The zero-order chi connectivity index (χ0) is 26.0. The van der Waals surface area contributed by atoms with E-state index in [0.717, 1.165) is 30.2 Å². The molecule has 8 nitrogen and oxygen atoms in total. The van der Waals surface area contributed by atoms with Gasteiger partial charge in [-0.3, -0.25) is 4.79 Å². The van der Waals surface area contributed by atoms with Crippen LogP contribution in [0.4, 0.5) is 15.9 Å². The molecule has 2 aromatic carbocycles. The Hall–Kier alpha value is -3.21. The molecule has 1 fully saturated rings. The number of carbonyl (C=O) groups is 1. The van der Waals surface area contributed by atoms with E-state index in [9.17, 15) is 9.18 Å². The van der Waals surface area contributed by atoms with Crippen LogP contribution in [0.3, 0.4) is 0 Å². The highest BCUT2D eigenvalue weighted by atomic mass is 32.2. The van der Waals surface area contributed by atoms with Gasteiger partial charge in [-0.1, -0.05) is 36.0 Å². The van der Waals surface area contributed by atoms with Crippen molar-refractivity contribution in [3.63, 3.8) is 0 Å². The van der Waals surface area contributed by atoms with E-state index < -0.39 is 0 Å². The molecule has 1 amide bonds. The molecule has 0 spiro atoms. The predicted molar refractivity (Wildman–Crippen MR) is 144 cm³/mol. The van der Waals surface area contributed by atoms with E-state index in [1.807, 2.05) is 36.4 Å². The van der Waals surface area contributed by atoms with Gasteiger partial charge in [-0.15, -0.1) is 0 Å². The number of methoxy groups -OCH3 is 2. The molecule has 37 heavy (non-hydrogen) atoms. The van der Waals surface area contributed by atoms with E-state index in [1.165, 1.54) is 17.8 Å². The van der Waals surface area contributed by atoms with Gasteiger partial charge in [0, 0.05) is 64.3 Å². The van der Waals surface area contributed by atoms with Gasteiger partial charge in [0.05, 0.1) is 24.6 Å². The van der Waals surface area contributed by atoms with Crippen molar-refractivity contribution in [3.8, 4) is 0 Å². The highest BCUT2D eigenvalue weighted by Crippen LogP contribution is 2.26. The monoisotopic (exact) mass is 525 g/mol. The molecule has 1 N–H and O–H groups in total. The summed E-state index contributed by atoms with van der Waals surface area (Å²) < 4.78 is 24.6. The molecule has 10 heteroatoms. The second-order valence-corrected chi connectivity index (χ2v) is 9.54. The van der Waals surface area contributed by atoms with Crippen molar-refractivity contribution < 1.29 is 18.7 Å². The maximum Gasteiger partial charge on any atom is 0.251 e. The van der Waals surface area contributed by atoms with Crippen molar-refractivity contribution in [1.82, 2.24) is 15.3 Å². The van der Waals surface area contributed by atoms with Crippen LogP contribution in [0, 0.1) is 5.82 Å². The van der Waals surface area contributed by atoms with E-state index in [4.69, 9.17) is 14.5 Å². The first-order valence-electron chi connectivity index (χ1n) is 12.2. The fourth-order valence-electron chi connectivity index (χ4n) is 4.11. The van der Waals surface area contributed by atoms with Gasteiger partial charge in [0.1, 0.15) is 11.6 Å². The van der Waals surface area contributed by atoms with E-state index in [1.54, 1.807) is 26.4 Å². The van der Waals surface area contributed by atoms with Crippen molar-refractivity contribution in [2.45, 2.75) is 17.5 Å². The lowest BCUT2D eigenvalue weighted by molar-refractivity contribution is 0.0937. The van der Waals surface area contributed by atoms with E-state index >= 15 is 0 Å². The first kappa shape index (κ1) is 26.8. The first-order valence-corrected chi connectivity index (χ1v) is 13.2. The molecule has 1 aliphatic heterocycles. The summed E-state index contributed by atoms with van der Waals surface area (Å²) >= 11 is 1.52. The average Bonchev–Trinajstić information content (AvgIpc) is 2.93. The normalized spacial score (nSPS) is 13.6. The Morgan fingerprint density at radius 3 is 2.54 bits per heavy atom. The van der Waals surface area contributed by atoms with Gasteiger partial charge in [0.2, 0.25) is 0 Å². The predicted octanol–water partition coefficient (Wildman–Crippen LogP) is 3.76. The van der Waals surface area contributed by atoms with Crippen molar-refractivity contribution >= 4 is 29.2 Å². The Morgan fingerprint density at radius 2 is 1.78 bits per heavy atom. The number of thioether (sulfide) groups is 1. The summed E-state index contributed by atoms with van der Waals surface area (Å²) in [5.74, 6) is 1.13. The highest BCUT2D eigenvalue weighted by molar-refractivity contribution is 7.98. The number of hydrogen-bond donors (Lipinski definition) is 1. The van der Waals surface area contributed by atoms with Crippen molar-refractivity contribution in [3.05, 3.63) is 77.2 Å². The maximum atomic E-state index is 14.2. The van der Waals surface area contributed by atoms with Crippen molar-refractivity contribution in [2.24, 2.45) is 0 Å². The topological polar surface area (TPSA) is 79.8 Å². The van der Waals surface area contributed by atoms with Gasteiger partial charge >= 0.3 is 0 Å². The van der Waals surface area contributed by atoms with Crippen LogP contribution in [0.1, 0.15) is 21.6 Å². The molecular formula is C27H32FN5O3S. The van der Waals surface area contributed by atoms with Crippen molar-refractivity contribution in [1.29, 1.82) is 0 Å². The Morgan fingerprint density at radius 1 is 1.00 bits per heavy atom. The van der Waals surface area contributed by atoms with Crippen LogP contribution in [0.15, 0.2) is 59.8 Å². The molecule has 1 aliphatic rings. The van der Waals surface area contributed by atoms with Gasteiger partial charge in [-0.05, 0) is 29.8 Å². The maximum absolute atomic E-state index is 14.2. The lowest BCUT2D eigenvalue weighted by atomic mass is 10.1. The number of carbonyl (C=O) groups excluding carboxylic acids is 1. The van der Waals surface area contributed by atoms with Crippen LogP contribution in [-0.2, 0) is 21.8 Å². The molecule has 196 valence electrons. The van der Waals surface area contributed by atoms with Gasteiger partial charge in [0.15, 0.2) is 5.16 Å². The summed E-state index contributed by atoms with van der Waals surface area (Å²) in [6.45, 7) is 4.17. The molecule has 0 bridgehead atoms. The summed E-state index contributed by atoms with van der Waals surface area (Å²) in [6.07, 6.45) is 0. The number of halogens is 1. The number of para-hydroxylation sites is 1. The fraction of sp³-hybridized carbons (Fsp3) is 0.370. The number of benzene rings is 2.